The summed E-state index contributed by atoms with van der Waals surface area (Å²) < 4.78 is 32.2. The van der Waals surface area contributed by atoms with E-state index in [0.717, 1.165) is 17.3 Å². The molecule has 134 valence electrons. The molecule has 2 aromatic rings. The summed E-state index contributed by atoms with van der Waals surface area (Å²) >= 11 is 0. The maximum Gasteiger partial charge on any atom is 0.321 e. The molecule has 8 nitrogen and oxygen atoms in total. The van der Waals surface area contributed by atoms with Crippen LogP contribution < -0.4 is 4.72 Å². The molecule has 0 amide bonds. The van der Waals surface area contributed by atoms with Gasteiger partial charge in [-0.3, -0.25) is 14.3 Å². The Kier molecular flexibility index (Phi) is 5.70. The van der Waals surface area contributed by atoms with Crippen LogP contribution in [-0.2, 0) is 26.6 Å². The second kappa shape index (κ2) is 7.58. The van der Waals surface area contributed by atoms with Gasteiger partial charge in [-0.1, -0.05) is 17.7 Å². The molecule has 0 saturated carbocycles. The number of ketones is 1. The largest absolute Gasteiger partial charge is 0.456 e. The average Bonchev–Trinajstić information content (AvgIpc) is 3.00. The van der Waals surface area contributed by atoms with Crippen molar-refractivity contribution in [3.63, 3.8) is 0 Å². The molecule has 0 aliphatic rings. The van der Waals surface area contributed by atoms with E-state index >= 15 is 0 Å². The predicted molar refractivity (Wildman–Crippen MR) is 89.6 cm³/mol. The molecule has 1 N–H and O–H groups in total. The van der Waals surface area contributed by atoms with Gasteiger partial charge in [-0.2, -0.15) is 9.82 Å². The van der Waals surface area contributed by atoms with Gasteiger partial charge in [0.2, 0.25) is 15.8 Å². The summed E-state index contributed by atoms with van der Waals surface area (Å²) in [4.78, 5) is 23.8. The van der Waals surface area contributed by atoms with E-state index < -0.39 is 29.1 Å². The Bertz CT molecular complexity index is 902. The molecular weight excluding hydrogens is 346 g/mol. The van der Waals surface area contributed by atoms with Gasteiger partial charge in [0, 0.05) is 18.8 Å². The molecule has 1 aromatic heterocycles. The molecule has 1 heterocycles. The number of nitrogens with one attached hydrogen (secondary N) is 1. The summed E-state index contributed by atoms with van der Waals surface area (Å²) in [6, 6.07) is 5.41. The molecule has 0 saturated heterocycles. The highest BCUT2D eigenvalue weighted by atomic mass is 32.2. The molecule has 0 aliphatic heterocycles. The van der Waals surface area contributed by atoms with Crippen LogP contribution in [0.5, 0.6) is 0 Å². The fourth-order valence-electron chi connectivity index (χ4n) is 2.09. The lowest BCUT2D eigenvalue weighted by molar-refractivity contribution is -0.141. The highest BCUT2D eigenvalue weighted by Crippen LogP contribution is 2.11. The maximum absolute atomic E-state index is 12.1. The molecule has 2 rings (SSSR count). The first kappa shape index (κ1) is 18.8. The number of sulfonamides is 1. The van der Waals surface area contributed by atoms with E-state index in [9.17, 15) is 18.0 Å². The van der Waals surface area contributed by atoms with Crippen molar-refractivity contribution in [1.29, 1.82) is 0 Å². The van der Waals surface area contributed by atoms with Crippen LogP contribution in [0.1, 0.15) is 21.5 Å². The Hall–Kier alpha value is -2.52. The van der Waals surface area contributed by atoms with Crippen molar-refractivity contribution in [2.45, 2.75) is 18.7 Å². The first-order valence-corrected chi connectivity index (χ1v) is 8.92. The molecule has 0 fully saturated rings. The van der Waals surface area contributed by atoms with Crippen molar-refractivity contribution >= 4 is 21.8 Å². The molecule has 0 bridgehead atoms. The Morgan fingerprint density at radius 2 is 2.00 bits per heavy atom. The van der Waals surface area contributed by atoms with Crippen molar-refractivity contribution in [1.82, 2.24) is 14.5 Å². The SMILES string of the molecule is Cc1ccc(C)c(C(=O)COC(=O)CNS(=O)(=O)c2cnn(C)c2)c1. The lowest BCUT2D eigenvalue weighted by Crippen LogP contribution is -2.31. The summed E-state index contributed by atoms with van der Waals surface area (Å²) in [7, 11) is -2.28. The molecule has 0 spiro atoms. The monoisotopic (exact) mass is 365 g/mol. The highest BCUT2D eigenvalue weighted by Gasteiger charge is 2.18. The number of carbonyl (C=O) groups is 2. The quantitative estimate of drug-likeness (QED) is 0.573. The number of ether oxygens (including phenoxy) is 1. The highest BCUT2D eigenvalue weighted by molar-refractivity contribution is 7.89. The van der Waals surface area contributed by atoms with Gasteiger partial charge in [0.15, 0.2) is 6.61 Å². The van der Waals surface area contributed by atoms with Gasteiger partial charge < -0.3 is 4.74 Å². The third-order valence-electron chi connectivity index (χ3n) is 3.46. The van der Waals surface area contributed by atoms with E-state index in [1.54, 1.807) is 20.0 Å². The summed E-state index contributed by atoms with van der Waals surface area (Å²) in [6.07, 6.45) is 2.47. The van der Waals surface area contributed by atoms with Crippen LogP contribution in [0.15, 0.2) is 35.5 Å². The topological polar surface area (TPSA) is 107 Å². The molecule has 25 heavy (non-hydrogen) atoms. The number of Topliss-reactive ketones (excluding diaryl/α,β-unsaturated/α-hetero) is 1. The minimum Gasteiger partial charge on any atom is -0.456 e. The minimum atomic E-state index is -3.86. The van der Waals surface area contributed by atoms with E-state index in [1.165, 1.54) is 10.9 Å². The number of aromatic nitrogens is 2. The van der Waals surface area contributed by atoms with Crippen molar-refractivity contribution < 1.29 is 22.7 Å². The lowest BCUT2D eigenvalue weighted by Gasteiger charge is -2.08. The zero-order chi connectivity index (χ0) is 18.6. The predicted octanol–water partition coefficient (Wildman–Crippen LogP) is 0.741. The van der Waals surface area contributed by atoms with Crippen molar-refractivity contribution in [3.8, 4) is 0 Å². The number of esters is 1. The number of nitrogens with zero attached hydrogens (tertiary/aromatic N) is 2. The van der Waals surface area contributed by atoms with Gasteiger partial charge in [0.1, 0.15) is 11.4 Å². The number of hydrogen-bond acceptors (Lipinski definition) is 6. The standard InChI is InChI=1S/C16H19N3O5S/c1-11-4-5-12(2)14(6-11)15(20)10-24-16(21)8-18-25(22,23)13-7-17-19(3)9-13/h4-7,9,18H,8,10H2,1-3H3. The second-order valence-electron chi connectivity index (χ2n) is 5.58. The van der Waals surface area contributed by atoms with Crippen LogP contribution in [0.25, 0.3) is 0 Å². The third-order valence-corrected chi connectivity index (χ3v) is 4.81. The number of carbonyl (C=O) groups excluding carboxylic acids is 2. The molecule has 1 aromatic carbocycles. The normalized spacial score (nSPS) is 11.3. The van der Waals surface area contributed by atoms with Gasteiger partial charge in [-0.15, -0.1) is 0 Å². The molecule has 9 heteroatoms. The van der Waals surface area contributed by atoms with E-state index in [-0.39, 0.29) is 10.7 Å². The summed E-state index contributed by atoms with van der Waals surface area (Å²) in [5.41, 5.74) is 2.18. The second-order valence-corrected chi connectivity index (χ2v) is 7.34. The lowest BCUT2D eigenvalue weighted by atomic mass is 10.0. The van der Waals surface area contributed by atoms with E-state index in [1.807, 2.05) is 19.1 Å². The number of hydrogen-bond donors (Lipinski definition) is 1. The van der Waals surface area contributed by atoms with Gasteiger partial charge in [0.25, 0.3) is 0 Å². The molecule has 0 atom stereocenters. The van der Waals surface area contributed by atoms with E-state index in [4.69, 9.17) is 4.74 Å². The zero-order valence-corrected chi connectivity index (χ0v) is 15.0. The molecule has 0 unspecified atom stereocenters. The maximum atomic E-state index is 12.1. The Labute approximate surface area is 145 Å². The van der Waals surface area contributed by atoms with E-state index in [0.29, 0.717) is 5.56 Å². The van der Waals surface area contributed by atoms with Crippen LogP contribution in [-0.4, -0.2) is 43.1 Å². The van der Waals surface area contributed by atoms with Crippen LogP contribution in [0.3, 0.4) is 0 Å². The average molecular weight is 365 g/mol. The van der Waals surface area contributed by atoms with Crippen LogP contribution >= 0.6 is 0 Å². The zero-order valence-electron chi connectivity index (χ0n) is 14.1. The van der Waals surface area contributed by atoms with Gasteiger partial charge in [0.05, 0.1) is 6.20 Å². The van der Waals surface area contributed by atoms with Gasteiger partial charge >= 0.3 is 5.97 Å². The first-order valence-electron chi connectivity index (χ1n) is 7.43. The summed E-state index contributed by atoms with van der Waals surface area (Å²) in [6.45, 7) is 2.63. The van der Waals surface area contributed by atoms with Crippen molar-refractivity contribution in [2.24, 2.45) is 7.05 Å². The van der Waals surface area contributed by atoms with Crippen LogP contribution in [0.2, 0.25) is 0 Å². The summed E-state index contributed by atoms with van der Waals surface area (Å²) in [5.74, 6) is -1.18. The number of rotatable bonds is 7. The minimum absolute atomic E-state index is 0.0609. The fourth-order valence-corrected chi connectivity index (χ4v) is 3.04. The Balaban J connectivity index is 1.88. The number of aryl methyl sites for hydroxylation is 3. The molecule has 0 radical (unpaired) electrons. The Morgan fingerprint density at radius 3 is 2.64 bits per heavy atom. The summed E-state index contributed by atoms with van der Waals surface area (Å²) in [5, 5.41) is 3.76. The first-order chi connectivity index (χ1) is 11.7. The van der Waals surface area contributed by atoms with Crippen molar-refractivity contribution in [2.75, 3.05) is 13.2 Å². The number of benzene rings is 1. The van der Waals surface area contributed by atoms with Crippen LogP contribution in [0.4, 0.5) is 0 Å². The van der Waals surface area contributed by atoms with Crippen molar-refractivity contribution in [3.05, 3.63) is 47.3 Å². The fraction of sp³-hybridized carbons (Fsp3) is 0.312. The Morgan fingerprint density at radius 1 is 1.28 bits per heavy atom. The molecular formula is C16H19N3O5S. The van der Waals surface area contributed by atoms with Gasteiger partial charge in [-0.25, -0.2) is 8.42 Å². The third kappa shape index (κ3) is 4.97. The molecule has 0 aliphatic carbocycles. The smallest absolute Gasteiger partial charge is 0.321 e. The van der Waals surface area contributed by atoms with Crippen LogP contribution in [0, 0.1) is 13.8 Å². The van der Waals surface area contributed by atoms with Gasteiger partial charge in [-0.05, 0) is 25.5 Å². The van der Waals surface area contributed by atoms with E-state index in [2.05, 4.69) is 9.82 Å².